The second-order valence-electron chi connectivity index (χ2n) is 3.26. The standard InChI is InChI=1S/C10H10N4O2S/c1-6-13-4-7(17-6)5-14-9-8(10(15)16)11-2-3-12-9/h2-4H,5H2,1H3,(H,12,14)(H,15,16). The number of nitrogens with one attached hydrogen (secondary N) is 1. The van der Waals surface area contributed by atoms with Crippen molar-refractivity contribution in [3.05, 3.63) is 34.2 Å². The van der Waals surface area contributed by atoms with Gasteiger partial charge in [-0.25, -0.2) is 19.7 Å². The van der Waals surface area contributed by atoms with Gasteiger partial charge in [0, 0.05) is 23.5 Å². The van der Waals surface area contributed by atoms with Gasteiger partial charge < -0.3 is 10.4 Å². The predicted octanol–water partition coefficient (Wildman–Crippen LogP) is 1.55. The highest BCUT2D eigenvalue weighted by atomic mass is 32.1. The Morgan fingerprint density at radius 1 is 1.41 bits per heavy atom. The number of rotatable bonds is 4. The van der Waals surface area contributed by atoms with Gasteiger partial charge in [0.15, 0.2) is 11.5 Å². The van der Waals surface area contributed by atoms with Crippen LogP contribution >= 0.6 is 11.3 Å². The molecule has 88 valence electrons. The van der Waals surface area contributed by atoms with Gasteiger partial charge in [0.1, 0.15) is 0 Å². The largest absolute Gasteiger partial charge is 0.476 e. The molecule has 2 rings (SSSR count). The molecule has 0 spiro atoms. The van der Waals surface area contributed by atoms with Crippen LogP contribution < -0.4 is 5.32 Å². The fourth-order valence-electron chi connectivity index (χ4n) is 1.28. The number of aryl methyl sites for hydroxylation is 1. The molecule has 2 N–H and O–H groups in total. The third-order valence-corrected chi connectivity index (χ3v) is 2.91. The number of aromatic nitrogens is 3. The van der Waals surface area contributed by atoms with Crippen molar-refractivity contribution in [1.29, 1.82) is 0 Å². The lowest BCUT2D eigenvalue weighted by atomic mass is 10.4. The predicted molar refractivity (Wildman–Crippen MR) is 63.2 cm³/mol. The Morgan fingerprint density at radius 3 is 2.82 bits per heavy atom. The smallest absolute Gasteiger partial charge is 0.358 e. The van der Waals surface area contributed by atoms with Crippen LogP contribution in [-0.4, -0.2) is 26.0 Å². The number of nitrogens with zero attached hydrogens (tertiary/aromatic N) is 3. The van der Waals surface area contributed by atoms with Gasteiger partial charge in [-0.05, 0) is 6.92 Å². The van der Waals surface area contributed by atoms with Crippen LogP contribution in [0.1, 0.15) is 20.4 Å². The molecule has 2 aromatic heterocycles. The fourth-order valence-corrected chi connectivity index (χ4v) is 2.02. The van der Waals surface area contributed by atoms with Crippen LogP contribution in [0.3, 0.4) is 0 Å². The summed E-state index contributed by atoms with van der Waals surface area (Å²) >= 11 is 1.55. The molecular weight excluding hydrogens is 240 g/mol. The Bertz CT molecular complexity index is 541. The van der Waals surface area contributed by atoms with E-state index in [0.29, 0.717) is 6.54 Å². The van der Waals surface area contributed by atoms with Crippen molar-refractivity contribution in [3.8, 4) is 0 Å². The Balaban J connectivity index is 2.11. The van der Waals surface area contributed by atoms with Crippen molar-refractivity contribution >= 4 is 23.1 Å². The van der Waals surface area contributed by atoms with Gasteiger partial charge in [0.2, 0.25) is 0 Å². The van der Waals surface area contributed by atoms with Crippen LogP contribution in [0.5, 0.6) is 0 Å². The van der Waals surface area contributed by atoms with E-state index in [0.717, 1.165) is 9.88 Å². The van der Waals surface area contributed by atoms with Crippen LogP contribution in [0, 0.1) is 6.92 Å². The molecular formula is C10H10N4O2S. The summed E-state index contributed by atoms with van der Waals surface area (Å²) in [7, 11) is 0. The second-order valence-corrected chi connectivity index (χ2v) is 4.58. The first-order valence-corrected chi connectivity index (χ1v) is 5.68. The van der Waals surface area contributed by atoms with Crippen molar-refractivity contribution in [1.82, 2.24) is 15.0 Å². The molecule has 0 radical (unpaired) electrons. The number of hydrogen-bond acceptors (Lipinski definition) is 6. The molecule has 0 aliphatic rings. The minimum atomic E-state index is -1.10. The summed E-state index contributed by atoms with van der Waals surface area (Å²) in [6, 6.07) is 0. The summed E-state index contributed by atoms with van der Waals surface area (Å²) in [4.78, 5) is 23.7. The zero-order valence-corrected chi connectivity index (χ0v) is 9.86. The molecule has 6 nitrogen and oxygen atoms in total. The maximum Gasteiger partial charge on any atom is 0.358 e. The van der Waals surface area contributed by atoms with Crippen LogP contribution in [0.15, 0.2) is 18.6 Å². The number of anilines is 1. The third-order valence-electron chi connectivity index (χ3n) is 2.00. The average molecular weight is 250 g/mol. The molecule has 0 aliphatic heterocycles. The van der Waals surface area contributed by atoms with Crippen molar-refractivity contribution < 1.29 is 9.90 Å². The number of carbonyl (C=O) groups is 1. The first kappa shape index (κ1) is 11.5. The molecule has 2 aromatic rings. The van der Waals surface area contributed by atoms with Gasteiger partial charge in [-0.2, -0.15) is 0 Å². The number of hydrogen-bond donors (Lipinski definition) is 2. The highest BCUT2D eigenvalue weighted by Crippen LogP contribution is 2.14. The van der Waals surface area contributed by atoms with Gasteiger partial charge >= 0.3 is 5.97 Å². The molecule has 0 amide bonds. The number of carboxylic acid groups (broad SMARTS) is 1. The van der Waals surface area contributed by atoms with Crippen molar-refractivity contribution in [2.24, 2.45) is 0 Å². The Labute approximate surface area is 101 Å². The third kappa shape index (κ3) is 2.76. The molecule has 0 saturated heterocycles. The summed E-state index contributed by atoms with van der Waals surface area (Å²) < 4.78 is 0. The molecule has 0 bridgehead atoms. The van der Waals surface area contributed by atoms with Crippen LogP contribution in [-0.2, 0) is 6.54 Å². The molecule has 0 atom stereocenters. The van der Waals surface area contributed by atoms with Gasteiger partial charge in [-0.15, -0.1) is 11.3 Å². The maximum absolute atomic E-state index is 10.9. The van der Waals surface area contributed by atoms with Crippen molar-refractivity contribution in [3.63, 3.8) is 0 Å². The molecule has 0 saturated carbocycles. The van der Waals surface area contributed by atoms with E-state index < -0.39 is 5.97 Å². The topological polar surface area (TPSA) is 88.0 Å². The summed E-state index contributed by atoms with van der Waals surface area (Å²) in [6.07, 6.45) is 4.56. The molecule has 0 unspecified atom stereocenters. The molecule has 0 aromatic carbocycles. The summed E-state index contributed by atoms with van der Waals surface area (Å²) in [5.74, 6) is -0.827. The highest BCUT2D eigenvalue weighted by molar-refractivity contribution is 7.11. The lowest BCUT2D eigenvalue weighted by Crippen LogP contribution is -2.09. The van der Waals surface area contributed by atoms with E-state index in [2.05, 4.69) is 20.3 Å². The van der Waals surface area contributed by atoms with Crippen LogP contribution in [0.2, 0.25) is 0 Å². The van der Waals surface area contributed by atoms with Gasteiger partial charge in [0.05, 0.1) is 11.6 Å². The number of thiazole rings is 1. The van der Waals surface area contributed by atoms with Crippen molar-refractivity contribution in [2.75, 3.05) is 5.32 Å². The summed E-state index contributed by atoms with van der Waals surface area (Å²) in [6.45, 7) is 2.41. The Hall–Kier alpha value is -2.02. The molecule has 2 heterocycles. The van der Waals surface area contributed by atoms with Crippen LogP contribution in [0.25, 0.3) is 0 Å². The monoisotopic (exact) mass is 250 g/mol. The normalized spacial score (nSPS) is 10.2. The fraction of sp³-hybridized carbons (Fsp3) is 0.200. The minimum Gasteiger partial charge on any atom is -0.476 e. The molecule has 7 heteroatoms. The molecule has 0 fully saturated rings. The summed E-state index contributed by atoms with van der Waals surface area (Å²) in [5, 5.41) is 12.8. The average Bonchev–Trinajstić information content (AvgIpc) is 2.73. The van der Waals surface area contributed by atoms with E-state index in [1.807, 2.05) is 6.92 Å². The minimum absolute atomic E-state index is 0.0752. The lowest BCUT2D eigenvalue weighted by molar-refractivity contribution is 0.0691. The number of aromatic carboxylic acids is 1. The SMILES string of the molecule is Cc1ncc(CNc2nccnc2C(=O)O)s1. The van der Waals surface area contributed by atoms with Gasteiger partial charge in [-0.3, -0.25) is 0 Å². The number of carboxylic acids is 1. The van der Waals surface area contributed by atoms with E-state index in [9.17, 15) is 4.79 Å². The lowest BCUT2D eigenvalue weighted by Gasteiger charge is -2.05. The highest BCUT2D eigenvalue weighted by Gasteiger charge is 2.12. The Morgan fingerprint density at radius 2 is 2.18 bits per heavy atom. The second kappa shape index (κ2) is 4.88. The van der Waals surface area contributed by atoms with Gasteiger partial charge in [0.25, 0.3) is 0 Å². The van der Waals surface area contributed by atoms with Crippen LogP contribution in [0.4, 0.5) is 5.82 Å². The van der Waals surface area contributed by atoms with E-state index in [4.69, 9.17) is 5.11 Å². The molecule has 0 aliphatic carbocycles. The quantitative estimate of drug-likeness (QED) is 0.856. The molecule has 17 heavy (non-hydrogen) atoms. The van der Waals surface area contributed by atoms with E-state index in [1.54, 1.807) is 17.5 Å². The van der Waals surface area contributed by atoms with E-state index in [-0.39, 0.29) is 11.5 Å². The van der Waals surface area contributed by atoms with E-state index in [1.165, 1.54) is 12.4 Å². The van der Waals surface area contributed by atoms with Crippen molar-refractivity contribution in [2.45, 2.75) is 13.5 Å². The van der Waals surface area contributed by atoms with E-state index >= 15 is 0 Å². The Kier molecular flexibility index (Phi) is 3.29. The maximum atomic E-state index is 10.9. The zero-order valence-electron chi connectivity index (χ0n) is 9.04. The van der Waals surface area contributed by atoms with Gasteiger partial charge in [-0.1, -0.05) is 0 Å². The summed E-state index contributed by atoms with van der Waals surface area (Å²) in [5.41, 5.74) is -0.0752. The zero-order chi connectivity index (χ0) is 12.3. The first-order chi connectivity index (χ1) is 8.16. The first-order valence-electron chi connectivity index (χ1n) is 4.86.